The van der Waals surface area contributed by atoms with Crippen LogP contribution < -0.4 is 5.32 Å². The summed E-state index contributed by atoms with van der Waals surface area (Å²) in [5.41, 5.74) is 0. The zero-order valence-electron chi connectivity index (χ0n) is 8.62. The fourth-order valence-electron chi connectivity index (χ4n) is 1.67. The number of ether oxygens (including phenoxy) is 1. The lowest BCUT2D eigenvalue weighted by Crippen LogP contribution is -2.37. The van der Waals surface area contributed by atoms with E-state index >= 15 is 0 Å². The monoisotopic (exact) mass is 187 g/mol. The molecule has 3 atom stereocenters. The lowest BCUT2D eigenvalue weighted by atomic mass is 10.2. The first-order chi connectivity index (χ1) is 6.26. The molecule has 13 heavy (non-hydrogen) atoms. The molecule has 0 aromatic carbocycles. The molecule has 1 heterocycles. The van der Waals surface area contributed by atoms with Crippen LogP contribution in [0.15, 0.2) is 0 Å². The van der Waals surface area contributed by atoms with Crippen molar-refractivity contribution in [2.24, 2.45) is 0 Å². The standard InChI is InChI=1S/C10H21NO2/c1-3-9(7-12)11-6-10-5-4-8(2)13-10/h8-12H,3-7H2,1-2H3. The molecule has 3 unspecified atom stereocenters. The van der Waals surface area contributed by atoms with Gasteiger partial charge in [0.2, 0.25) is 0 Å². The van der Waals surface area contributed by atoms with Crippen LogP contribution in [-0.4, -0.2) is 36.5 Å². The zero-order chi connectivity index (χ0) is 9.68. The van der Waals surface area contributed by atoms with Crippen molar-refractivity contribution in [3.8, 4) is 0 Å². The Morgan fingerprint density at radius 2 is 2.31 bits per heavy atom. The van der Waals surface area contributed by atoms with Crippen LogP contribution >= 0.6 is 0 Å². The minimum absolute atomic E-state index is 0.221. The van der Waals surface area contributed by atoms with E-state index in [1.165, 1.54) is 6.42 Å². The summed E-state index contributed by atoms with van der Waals surface area (Å²) in [6.45, 7) is 5.29. The number of rotatable bonds is 5. The van der Waals surface area contributed by atoms with Gasteiger partial charge in [0.1, 0.15) is 0 Å². The van der Waals surface area contributed by atoms with Crippen molar-refractivity contribution in [1.82, 2.24) is 5.32 Å². The summed E-state index contributed by atoms with van der Waals surface area (Å²) < 4.78 is 5.66. The zero-order valence-corrected chi connectivity index (χ0v) is 8.62. The van der Waals surface area contributed by atoms with Gasteiger partial charge in [0, 0.05) is 12.6 Å². The van der Waals surface area contributed by atoms with E-state index in [-0.39, 0.29) is 12.6 Å². The van der Waals surface area contributed by atoms with Gasteiger partial charge in [0.15, 0.2) is 0 Å². The average Bonchev–Trinajstić information content (AvgIpc) is 2.53. The highest BCUT2D eigenvalue weighted by Gasteiger charge is 2.21. The van der Waals surface area contributed by atoms with E-state index in [0.717, 1.165) is 19.4 Å². The molecule has 2 N–H and O–H groups in total. The van der Waals surface area contributed by atoms with Crippen LogP contribution in [0.5, 0.6) is 0 Å². The normalized spacial score (nSPS) is 30.7. The summed E-state index contributed by atoms with van der Waals surface area (Å²) in [5.74, 6) is 0. The lowest BCUT2D eigenvalue weighted by Gasteiger charge is -2.17. The van der Waals surface area contributed by atoms with E-state index in [0.29, 0.717) is 12.2 Å². The van der Waals surface area contributed by atoms with E-state index in [4.69, 9.17) is 9.84 Å². The maximum Gasteiger partial charge on any atom is 0.0704 e. The van der Waals surface area contributed by atoms with Gasteiger partial charge in [-0.1, -0.05) is 6.92 Å². The molecule has 0 bridgehead atoms. The first-order valence-corrected chi connectivity index (χ1v) is 5.26. The number of hydrogen-bond donors (Lipinski definition) is 2. The summed E-state index contributed by atoms with van der Waals surface area (Å²) in [5, 5.41) is 12.3. The van der Waals surface area contributed by atoms with Crippen molar-refractivity contribution >= 4 is 0 Å². The Labute approximate surface area is 80.5 Å². The van der Waals surface area contributed by atoms with E-state index < -0.39 is 0 Å². The summed E-state index contributed by atoms with van der Waals surface area (Å²) in [6, 6.07) is 0.236. The van der Waals surface area contributed by atoms with Crippen molar-refractivity contribution in [2.45, 2.75) is 51.4 Å². The van der Waals surface area contributed by atoms with Gasteiger partial charge < -0.3 is 15.2 Å². The van der Waals surface area contributed by atoms with Gasteiger partial charge in [-0.2, -0.15) is 0 Å². The number of aliphatic hydroxyl groups excluding tert-OH is 1. The molecule has 3 nitrogen and oxygen atoms in total. The van der Waals surface area contributed by atoms with Crippen LogP contribution in [0, 0.1) is 0 Å². The third-order valence-electron chi connectivity index (χ3n) is 2.67. The van der Waals surface area contributed by atoms with Crippen LogP contribution in [0.4, 0.5) is 0 Å². The minimum atomic E-state index is 0.221. The molecule has 3 heteroatoms. The molecule has 0 aliphatic carbocycles. The van der Waals surface area contributed by atoms with Crippen molar-refractivity contribution in [2.75, 3.05) is 13.2 Å². The van der Waals surface area contributed by atoms with E-state index in [2.05, 4.69) is 19.2 Å². The quantitative estimate of drug-likeness (QED) is 0.672. The smallest absolute Gasteiger partial charge is 0.0704 e. The Hall–Kier alpha value is -0.120. The molecule has 1 fully saturated rings. The van der Waals surface area contributed by atoms with Crippen molar-refractivity contribution in [3.63, 3.8) is 0 Å². The van der Waals surface area contributed by atoms with Crippen molar-refractivity contribution < 1.29 is 9.84 Å². The molecule has 0 aromatic heterocycles. The number of aliphatic hydroxyl groups is 1. The van der Waals surface area contributed by atoms with Crippen LogP contribution in [0.3, 0.4) is 0 Å². The SMILES string of the molecule is CCC(CO)NCC1CCC(C)O1. The predicted octanol–water partition coefficient (Wildman–Crippen LogP) is 0.914. The van der Waals surface area contributed by atoms with Gasteiger partial charge in [-0.25, -0.2) is 0 Å². The molecule has 0 aromatic rings. The van der Waals surface area contributed by atoms with E-state index in [1.54, 1.807) is 0 Å². The van der Waals surface area contributed by atoms with Crippen molar-refractivity contribution in [3.05, 3.63) is 0 Å². The Bertz CT molecular complexity index is 137. The van der Waals surface area contributed by atoms with E-state index in [1.807, 2.05) is 0 Å². The highest BCUT2D eigenvalue weighted by molar-refractivity contribution is 4.74. The Morgan fingerprint density at radius 1 is 1.54 bits per heavy atom. The summed E-state index contributed by atoms with van der Waals surface area (Å²) >= 11 is 0. The predicted molar refractivity (Wildman–Crippen MR) is 52.7 cm³/mol. The molecular weight excluding hydrogens is 166 g/mol. The molecular formula is C10H21NO2. The first kappa shape index (κ1) is 11.0. The Kier molecular flexibility index (Phi) is 4.70. The van der Waals surface area contributed by atoms with E-state index in [9.17, 15) is 0 Å². The fraction of sp³-hybridized carbons (Fsp3) is 1.00. The maximum atomic E-state index is 8.95. The third-order valence-corrected chi connectivity index (χ3v) is 2.67. The molecule has 0 amide bonds. The first-order valence-electron chi connectivity index (χ1n) is 5.26. The Morgan fingerprint density at radius 3 is 2.77 bits per heavy atom. The third kappa shape index (κ3) is 3.63. The number of nitrogens with one attached hydrogen (secondary N) is 1. The van der Waals surface area contributed by atoms with Crippen molar-refractivity contribution in [1.29, 1.82) is 0 Å². The van der Waals surface area contributed by atoms with Crippen LogP contribution in [-0.2, 0) is 4.74 Å². The molecule has 0 saturated carbocycles. The second-order valence-corrected chi connectivity index (χ2v) is 3.84. The van der Waals surface area contributed by atoms with Crippen LogP contribution in [0.1, 0.15) is 33.1 Å². The van der Waals surface area contributed by atoms with Gasteiger partial charge in [-0.15, -0.1) is 0 Å². The molecule has 78 valence electrons. The van der Waals surface area contributed by atoms with Crippen LogP contribution in [0.2, 0.25) is 0 Å². The topological polar surface area (TPSA) is 41.5 Å². The molecule has 1 aliphatic heterocycles. The van der Waals surface area contributed by atoms with Gasteiger partial charge in [-0.05, 0) is 26.2 Å². The highest BCUT2D eigenvalue weighted by atomic mass is 16.5. The molecule has 0 spiro atoms. The highest BCUT2D eigenvalue weighted by Crippen LogP contribution is 2.18. The molecule has 1 rings (SSSR count). The van der Waals surface area contributed by atoms with Gasteiger partial charge in [-0.3, -0.25) is 0 Å². The molecule has 1 aliphatic rings. The summed E-state index contributed by atoms with van der Waals surface area (Å²) in [7, 11) is 0. The minimum Gasteiger partial charge on any atom is -0.395 e. The Balaban J connectivity index is 2.11. The lowest BCUT2D eigenvalue weighted by molar-refractivity contribution is 0.0526. The van der Waals surface area contributed by atoms with Gasteiger partial charge >= 0.3 is 0 Å². The molecule has 1 saturated heterocycles. The average molecular weight is 187 g/mol. The largest absolute Gasteiger partial charge is 0.395 e. The summed E-state index contributed by atoms with van der Waals surface area (Å²) in [4.78, 5) is 0. The maximum absolute atomic E-state index is 8.95. The second kappa shape index (κ2) is 5.58. The fourth-order valence-corrected chi connectivity index (χ4v) is 1.67. The molecule has 0 radical (unpaired) electrons. The van der Waals surface area contributed by atoms with Gasteiger partial charge in [0.25, 0.3) is 0 Å². The number of hydrogen-bond acceptors (Lipinski definition) is 3. The summed E-state index contributed by atoms with van der Waals surface area (Å²) in [6.07, 6.45) is 4.06. The van der Waals surface area contributed by atoms with Gasteiger partial charge in [0.05, 0.1) is 18.8 Å². The van der Waals surface area contributed by atoms with Crippen LogP contribution in [0.25, 0.3) is 0 Å². The second-order valence-electron chi connectivity index (χ2n) is 3.84.